The number of rotatable bonds is 5. The Morgan fingerprint density at radius 1 is 1.21 bits per heavy atom. The fourth-order valence-electron chi connectivity index (χ4n) is 2.92. The monoisotopic (exact) mass is 448 g/mol. The number of amides is 1. The van der Waals surface area contributed by atoms with E-state index in [1.807, 2.05) is 18.2 Å². The van der Waals surface area contributed by atoms with Crippen LogP contribution in [0.5, 0.6) is 11.5 Å². The second kappa shape index (κ2) is 7.69. The van der Waals surface area contributed by atoms with Crippen LogP contribution in [0.4, 0.5) is 5.69 Å². The summed E-state index contributed by atoms with van der Waals surface area (Å²) in [6.07, 6.45) is 2.79. The van der Waals surface area contributed by atoms with E-state index in [0.717, 1.165) is 11.8 Å². The van der Waals surface area contributed by atoms with Gasteiger partial charge in [-0.1, -0.05) is 42.2 Å². The number of carbonyl (C=O) groups excluding carboxylic acids is 1. The van der Waals surface area contributed by atoms with E-state index in [1.54, 1.807) is 30.3 Å². The highest BCUT2D eigenvalue weighted by atomic mass is 32.2. The van der Waals surface area contributed by atoms with Crippen LogP contribution in [0.2, 0.25) is 0 Å². The van der Waals surface area contributed by atoms with Crippen molar-refractivity contribution in [3.8, 4) is 11.5 Å². The molecule has 2 aromatic rings. The Bertz CT molecular complexity index is 1140. The molecule has 150 valence electrons. The first-order valence-electron chi connectivity index (χ1n) is 8.50. The highest BCUT2D eigenvalue weighted by Crippen LogP contribution is 2.36. The van der Waals surface area contributed by atoms with E-state index in [0.29, 0.717) is 38.5 Å². The lowest BCUT2D eigenvalue weighted by molar-refractivity contribution is -0.122. The summed E-state index contributed by atoms with van der Waals surface area (Å²) in [7, 11) is -3.38. The fourth-order valence-corrected chi connectivity index (χ4v) is 4.73. The van der Waals surface area contributed by atoms with Crippen LogP contribution < -0.4 is 14.2 Å². The molecule has 0 aliphatic carbocycles. The number of carbonyl (C=O) groups is 1. The van der Waals surface area contributed by atoms with Crippen LogP contribution in [0.25, 0.3) is 6.08 Å². The Balaban J connectivity index is 1.53. The van der Waals surface area contributed by atoms with Gasteiger partial charge in [0.25, 0.3) is 5.91 Å². The van der Waals surface area contributed by atoms with Gasteiger partial charge in [0.1, 0.15) is 4.32 Å². The number of ether oxygens (including phenoxy) is 2. The number of sulfonamides is 1. The van der Waals surface area contributed by atoms with Crippen molar-refractivity contribution < 1.29 is 22.7 Å². The van der Waals surface area contributed by atoms with Gasteiger partial charge < -0.3 is 9.47 Å². The van der Waals surface area contributed by atoms with Gasteiger partial charge in [0.15, 0.2) is 11.5 Å². The number of fused-ring (bicyclic) bond motifs is 1. The van der Waals surface area contributed by atoms with E-state index in [-0.39, 0.29) is 12.7 Å². The summed E-state index contributed by atoms with van der Waals surface area (Å²) < 4.78 is 36.4. The Labute approximate surface area is 177 Å². The Kier molecular flexibility index (Phi) is 5.24. The van der Waals surface area contributed by atoms with Crippen LogP contribution in [0.15, 0.2) is 47.4 Å². The quantitative estimate of drug-likeness (QED) is 0.555. The second-order valence-electron chi connectivity index (χ2n) is 6.46. The second-order valence-corrected chi connectivity index (χ2v) is 9.88. The maximum Gasteiger partial charge on any atom is 0.266 e. The Morgan fingerprint density at radius 3 is 2.79 bits per heavy atom. The molecule has 4 rings (SSSR count). The molecule has 0 radical (unpaired) electrons. The van der Waals surface area contributed by atoms with Crippen molar-refractivity contribution in [1.29, 1.82) is 0 Å². The van der Waals surface area contributed by atoms with Crippen molar-refractivity contribution in [2.75, 3.05) is 17.8 Å². The topological polar surface area (TPSA) is 84.9 Å². The van der Waals surface area contributed by atoms with Crippen molar-refractivity contribution in [1.82, 2.24) is 4.90 Å². The van der Waals surface area contributed by atoms with Gasteiger partial charge in [-0.2, -0.15) is 0 Å². The van der Waals surface area contributed by atoms with E-state index in [4.69, 9.17) is 21.7 Å². The number of nitrogens with one attached hydrogen (secondary N) is 1. The summed E-state index contributed by atoms with van der Waals surface area (Å²) in [5.41, 5.74) is 2.01. The van der Waals surface area contributed by atoms with Gasteiger partial charge in [0.2, 0.25) is 16.8 Å². The average molecular weight is 449 g/mol. The fraction of sp³-hybridized carbons (Fsp3) is 0.158. The third-order valence-electron chi connectivity index (χ3n) is 4.14. The molecule has 1 N–H and O–H groups in total. The van der Waals surface area contributed by atoms with Crippen LogP contribution in [-0.4, -0.2) is 36.6 Å². The molecule has 2 aliphatic rings. The predicted molar refractivity (Wildman–Crippen MR) is 116 cm³/mol. The van der Waals surface area contributed by atoms with Gasteiger partial charge in [0.05, 0.1) is 17.7 Å². The highest BCUT2D eigenvalue weighted by Gasteiger charge is 2.32. The van der Waals surface area contributed by atoms with Crippen LogP contribution in [0, 0.1) is 0 Å². The Hall–Kier alpha value is -2.56. The van der Waals surface area contributed by atoms with Crippen molar-refractivity contribution in [3.05, 3.63) is 58.5 Å². The summed E-state index contributed by atoms with van der Waals surface area (Å²) in [6.45, 7) is 0.518. The third-order valence-corrected chi connectivity index (χ3v) is 6.12. The van der Waals surface area contributed by atoms with Crippen molar-refractivity contribution >= 4 is 56.0 Å². The molecule has 1 saturated heterocycles. The van der Waals surface area contributed by atoms with E-state index in [2.05, 4.69) is 4.72 Å². The largest absolute Gasteiger partial charge is 0.454 e. The minimum absolute atomic E-state index is 0.190. The van der Waals surface area contributed by atoms with Gasteiger partial charge in [0, 0.05) is 5.69 Å². The zero-order chi connectivity index (χ0) is 20.6. The van der Waals surface area contributed by atoms with Crippen molar-refractivity contribution in [3.63, 3.8) is 0 Å². The molecular formula is C19H16N2O5S3. The van der Waals surface area contributed by atoms with E-state index in [9.17, 15) is 13.2 Å². The Morgan fingerprint density at radius 2 is 2.00 bits per heavy atom. The van der Waals surface area contributed by atoms with E-state index < -0.39 is 10.0 Å². The predicted octanol–water partition coefficient (Wildman–Crippen LogP) is 3.19. The van der Waals surface area contributed by atoms with Gasteiger partial charge in [-0.25, -0.2) is 8.42 Å². The summed E-state index contributed by atoms with van der Waals surface area (Å²) in [6, 6.07) is 12.3. The molecule has 2 aliphatic heterocycles. The number of hydrogen-bond acceptors (Lipinski definition) is 7. The highest BCUT2D eigenvalue weighted by molar-refractivity contribution is 8.26. The minimum atomic E-state index is -3.38. The molecule has 0 bridgehead atoms. The normalized spacial score (nSPS) is 17.3. The van der Waals surface area contributed by atoms with E-state index >= 15 is 0 Å². The molecule has 29 heavy (non-hydrogen) atoms. The molecule has 0 atom stereocenters. The summed E-state index contributed by atoms with van der Waals surface area (Å²) >= 11 is 6.60. The molecule has 1 fully saturated rings. The molecule has 2 aromatic carbocycles. The van der Waals surface area contributed by atoms with Crippen molar-refractivity contribution in [2.24, 2.45) is 0 Å². The summed E-state index contributed by atoms with van der Waals surface area (Å²) in [5.74, 6) is 1.14. The molecule has 2 heterocycles. The van der Waals surface area contributed by atoms with Gasteiger partial charge >= 0.3 is 0 Å². The molecule has 10 heteroatoms. The van der Waals surface area contributed by atoms with Crippen LogP contribution in [0.3, 0.4) is 0 Å². The lowest BCUT2D eigenvalue weighted by Crippen LogP contribution is -2.27. The first kappa shape index (κ1) is 19.7. The number of hydrogen-bond donors (Lipinski definition) is 1. The molecule has 0 unspecified atom stereocenters. The molecular weight excluding hydrogens is 432 g/mol. The summed E-state index contributed by atoms with van der Waals surface area (Å²) in [5, 5.41) is 0. The summed E-state index contributed by atoms with van der Waals surface area (Å²) in [4.78, 5) is 14.9. The zero-order valence-corrected chi connectivity index (χ0v) is 17.7. The number of nitrogens with zero attached hydrogens (tertiary/aromatic N) is 1. The smallest absolute Gasteiger partial charge is 0.266 e. The van der Waals surface area contributed by atoms with Gasteiger partial charge in [-0.05, 0) is 41.5 Å². The molecule has 0 spiro atoms. The van der Waals surface area contributed by atoms with Crippen LogP contribution in [0.1, 0.15) is 11.1 Å². The number of anilines is 1. The molecule has 1 amide bonds. The number of thioether (sulfide) groups is 1. The standard InChI is InChI=1S/C19H16N2O5S3/c1-29(23,24)20-14-4-2-3-12(7-14)9-17-18(22)21(19(27)28-17)10-13-5-6-15-16(8-13)26-11-25-15/h2-9,20H,10-11H2,1H3/b17-9-. The SMILES string of the molecule is CS(=O)(=O)Nc1cccc(/C=C2\SC(=S)N(Cc3ccc4c(c3)OCO4)C2=O)c1. The molecule has 7 nitrogen and oxygen atoms in total. The minimum Gasteiger partial charge on any atom is -0.454 e. The van der Waals surface area contributed by atoms with Crippen molar-refractivity contribution in [2.45, 2.75) is 6.54 Å². The molecule has 0 aromatic heterocycles. The maximum absolute atomic E-state index is 12.9. The first-order chi connectivity index (χ1) is 13.8. The lowest BCUT2D eigenvalue weighted by Gasteiger charge is -2.14. The van der Waals surface area contributed by atoms with Gasteiger partial charge in [-0.15, -0.1) is 0 Å². The maximum atomic E-state index is 12.9. The van der Waals surface area contributed by atoms with Crippen LogP contribution >= 0.6 is 24.0 Å². The lowest BCUT2D eigenvalue weighted by atomic mass is 10.1. The number of thiocarbonyl (C=S) groups is 1. The van der Waals surface area contributed by atoms with Crippen LogP contribution in [-0.2, 0) is 21.4 Å². The zero-order valence-electron chi connectivity index (χ0n) is 15.2. The first-order valence-corrected chi connectivity index (χ1v) is 11.6. The molecule has 0 saturated carbocycles. The third kappa shape index (κ3) is 4.55. The van der Waals surface area contributed by atoms with E-state index in [1.165, 1.54) is 16.7 Å². The average Bonchev–Trinajstić information content (AvgIpc) is 3.20. The number of benzene rings is 2. The van der Waals surface area contributed by atoms with Gasteiger partial charge in [-0.3, -0.25) is 14.4 Å².